The van der Waals surface area contributed by atoms with Crippen molar-refractivity contribution in [2.75, 3.05) is 26.4 Å². The average Bonchev–Trinajstić information content (AvgIpc) is 3.39. The molecule has 3 N–H and O–H groups in total. The number of nitrogens with zero attached hydrogens (tertiary/aromatic N) is 1. The van der Waals surface area contributed by atoms with Crippen molar-refractivity contribution in [2.24, 2.45) is 5.92 Å². The number of nitrogens with one attached hydrogen (secondary N) is 1. The second kappa shape index (κ2) is 13.9. The summed E-state index contributed by atoms with van der Waals surface area (Å²) in [5, 5.41) is 17.7. The fraction of sp³-hybridized carbons (Fsp3) is 0.375. The summed E-state index contributed by atoms with van der Waals surface area (Å²) < 4.78 is 47.4. The first-order chi connectivity index (χ1) is 20.4. The third-order valence-corrected chi connectivity index (χ3v) is 7.52. The minimum absolute atomic E-state index is 0.00260. The van der Waals surface area contributed by atoms with Gasteiger partial charge in [-0.25, -0.2) is 8.78 Å². The number of benzene rings is 3. The molecule has 222 valence electrons. The van der Waals surface area contributed by atoms with Gasteiger partial charge < -0.3 is 29.4 Å². The maximum atomic E-state index is 15.6. The van der Waals surface area contributed by atoms with E-state index in [4.69, 9.17) is 24.4 Å². The van der Waals surface area contributed by atoms with Crippen LogP contribution in [0.2, 0.25) is 0 Å². The predicted octanol–water partition coefficient (Wildman–Crippen LogP) is 6.11. The zero-order chi connectivity index (χ0) is 29.5. The molecule has 0 bridgehead atoms. The quantitative estimate of drug-likeness (QED) is 0.164. The van der Waals surface area contributed by atoms with Crippen molar-refractivity contribution >= 4 is 17.0 Å². The van der Waals surface area contributed by atoms with Crippen LogP contribution in [0.1, 0.15) is 37.7 Å². The lowest BCUT2D eigenvalue weighted by atomic mass is 9.85. The average molecular weight is 581 g/mol. The molecule has 3 aromatic carbocycles. The van der Waals surface area contributed by atoms with E-state index >= 15 is 8.78 Å². The zero-order valence-electron chi connectivity index (χ0n) is 23.2. The highest BCUT2D eigenvalue weighted by molar-refractivity contribution is 5.84. The molecule has 1 saturated carbocycles. The predicted molar refractivity (Wildman–Crippen MR) is 153 cm³/mol. The van der Waals surface area contributed by atoms with Crippen molar-refractivity contribution in [3.63, 3.8) is 0 Å². The summed E-state index contributed by atoms with van der Waals surface area (Å²) in [6, 6.07) is 16.2. The number of aliphatic hydroxyl groups excluding tert-OH is 1. The maximum Gasteiger partial charge on any atom is 0.303 e. The molecule has 42 heavy (non-hydrogen) atoms. The maximum absolute atomic E-state index is 15.6. The van der Waals surface area contributed by atoms with Gasteiger partial charge in [-0.3, -0.25) is 4.79 Å². The number of fused-ring (bicyclic) bond motifs is 1. The molecule has 10 heteroatoms. The molecule has 0 saturated heterocycles. The molecule has 1 aromatic heterocycles. The number of aliphatic hydroxyl groups is 1. The van der Waals surface area contributed by atoms with E-state index in [-0.39, 0.29) is 47.7 Å². The van der Waals surface area contributed by atoms with Crippen molar-refractivity contribution in [3.05, 3.63) is 71.8 Å². The number of ether oxygens (including phenoxy) is 3. The number of aromatic amines is 1. The van der Waals surface area contributed by atoms with Crippen LogP contribution >= 0.6 is 0 Å². The first kappa shape index (κ1) is 29.6. The Morgan fingerprint density at radius 3 is 2.21 bits per heavy atom. The van der Waals surface area contributed by atoms with E-state index in [9.17, 15) is 4.79 Å². The summed E-state index contributed by atoms with van der Waals surface area (Å²) in [4.78, 5) is 18.1. The molecule has 0 atom stereocenters. The Kier molecular flexibility index (Phi) is 9.78. The topological polar surface area (TPSA) is 114 Å². The highest BCUT2D eigenvalue weighted by atomic mass is 19.1. The molecule has 0 radical (unpaired) electrons. The summed E-state index contributed by atoms with van der Waals surface area (Å²) in [5.41, 5.74) is 3.31. The van der Waals surface area contributed by atoms with Gasteiger partial charge in [-0.05, 0) is 53.9 Å². The minimum Gasteiger partial charge on any atom is -0.481 e. The Bertz CT molecular complexity index is 1480. The van der Waals surface area contributed by atoms with Crippen LogP contribution in [-0.2, 0) is 20.9 Å². The number of hydrogen-bond acceptors (Lipinski definition) is 6. The van der Waals surface area contributed by atoms with Gasteiger partial charge in [0.25, 0.3) is 6.01 Å². The molecule has 1 fully saturated rings. The molecule has 0 aliphatic heterocycles. The molecule has 4 aromatic rings. The third kappa shape index (κ3) is 7.31. The first-order valence-corrected chi connectivity index (χ1v) is 14.1. The fourth-order valence-electron chi connectivity index (χ4n) is 5.33. The van der Waals surface area contributed by atoms with Crippen molar-refractivity contribution in [1.82, 2.24) is 9.97 Å². The highest BCUT2D eigenvalue weighted by Gasteiger charge is 2.26. The molecule has 0 amide bonds. The largest absolute Gasteiger partial charge is 0.481 e. The van der Waals surface area contributed by atoms with Gasteiger partial charge in [0.05, 0.1) is 44.1 Å². The van der Waals surface area contributed by atoms with Crippen LogP contribution in [0.15, 0.2) is 54.6 Å². The van der Waals surface area contributed by atoms with Gasteiger partial charge in [0, 0.05) is 12.5 Å². The number of carbonyl (C=O) groups is 1. The van der Waals surface area contributed by atoms with Gasteiger partial charge in [-0.15, -0.1) is 0 Å². The number of H-pyrrole nitrogens is 1. The second-order valence-electron chi connectivity index (χ2n) is 10.5. The van der Waals surface area contributed by atoms with Gasteiger partial charge in [0.2, 0.25) is 0 Å². The van der Waals surface area contributed by atoms with Gasteiger partial charge in [0.15, 0.2) is 5.82 Å². The van der Waals surface area contributed by atoms with E-state index in [1.165, 1.54) is 6.07 Å². The summed E-state index contributed by atoms with van der Waals surface area (Å²) in [6.45, 7) is 1.59. The van der Waals surface area contributed by atoms with E-state index in [0.717, 1.165) is 29.5 Å². The molecule has 0 spiro atoms. The molecular weight excluding hydrogens is 546 g/mol. The second-order valence-corrected chi connectivity index (χ2v) is 10.5. The van der Waals surface area contributed by atoms with Crippen LogP contribution in [0.5, 0.6) is 6.01 Å². The lowest BCUT2D eigenvalue weighted by molar-refractivity contribution is -0.138. The number of halogens is 2. The van der Waals surface area contributed by atoms with Crippen LogP contribution < -0.4 is 4.74 Å². The van der Waals surface area contributed by atoms with Crippen molar-refractivity contribution in [3.8, 4) is 28.3 Å². The number of hydrogen-bond donors (Lipinski definition) is 3. The Labute approximate surface area is 242 Å². The first-order valence-electron chi connectivity index (χ1n) is 14.1. The molecule has 0 unspecified atom stereocenters. The normalized spacial score (nSPS) is 17.0. The van der Waals surface area contributed by atoms with Crippen LogP contribution in [0, 0.1) is 17.6 Å². The standard InChI is InChI=1S/C32H34F2N2O6/c33-26-18-27-31(36-32(35-27)42-25-11-3-20(4-12-25)17-28(38)39)30(34)29(26)24-9-7-23(8-10-24)22-5-1-21(2-6-22)19-41-16-15-40-14-13-37/h1-2,5-10,18,20,25,37H,3-4,11-17,19H2,(H,35,36)(H,38,39). The monoisotopic (exact) mass is 580 g/mol. The number of imidazole rings is 1. The van der Waals surface area contributed by atoms with Gasteiger partial charge >= 0.3 is 5.97 Å². The molecule has 1 aliphatic rings. The Morgan fingerprint density at radius 2 is 1.55 bits per heavy atom. The van der Waals surface area contributed by atoms with E-state index < -0.39 is 17.6 Å². The van der Waals surface area contributed by atoms with Crippen LogP contribution in [0.25, 0.3) is 33.3 Å². The van der Waals surface area contributed by atoms with Crippen LogP contribution in [-0.4, -0.2) is 58.7 Å². The summed E-state index contributed by atoms with van der Waals surface area (Å²) in [6.07, 6.45) is 2.83. The van der Waals surface area contributed by atoms with Crippen molar-refractivity contribution in [2.45, 2.75) is 44.8 Å². The SMILES string of the molecule is O=C(O)CC1CCC(Oc2nc3c(F)c(-c4ccc(-c5ccc(COCCOCCO)cc5)cc4)c(F)cc3[nH]2)CC1. The summed E-state index contributed by atoms with van der Waals surface area (Å²) >= 11 is 0. The molecule has 1 heterocycles. The smallest absolute Gasteiger partial charge is 0.303 e. The van der Waals surface area contributed by atoms with Gasteiger partial charge in [-0.1, -0.05) is 48.5 Å². The van der Waals surface area contributed by atoms with E-state index in [1.54, 1.807) is 12.1 Å². The zero-order valence-corrected chi connectivity index (χ0v) is 23.2. The van der Waals surface area contributed by atoms with Crippen LogP contribution in [0.3, 0.4) is 0 Å². The van der Waals surface area contributed by atoms with E-state index in [0.29, 0.717) is 44.8 Å². The third-order valence-electron chi connectivity index (χ3n) is 7.52. The Hall–Kier alpha value is -3.86. The van der Waals surface area contributed by atoms with E-state index in [1.807, 2.05) is 36.4 Å². The highest BCUT2D eigenvalue weighted by Crippen LogP contribution is 2.34. The molecular formula is C32H34F2N2O6. The fourth-order valence-corrected chi connectivity index (χ4v) is 5.33. The van der Waals surface area contributed by atoms with E-state index in [2.05, 4.69) is 9.97 Å². The Balaban J connectivity index is 1.23. The number of rotatable bonds is 13. The number of carboxylic acids is 1. The number of carboxylic acid groups (broad SMARTS) is 1. The number of aliphatic carboxylic acids is 1. The van der Waals surface area contributed by atoms with Gasteiger partial charge in [0.1, 0.15) is 17.4 Å². The summed E-state index contributed by atoms with van der Waals surface area (Å²) in [7, 11) is 0. The van der Waals surface area contributed by atoms with Crippen molar-refractivity contribution in [1.29, 1.82) is 0 Å². The molecule has 8 nitrogen and oxygen atoms in total. The molecule has 5 rings (SSSR count). The van der Waals surface area contributed by atoms with Crippen LogP contribution in [0.4, 0.5) is 8.78 Å². The lowest BCUT2D eigenvalue weighted by Gasteiger charge is -2.27. The number of aromatic nitrogens is 2. The van der Waals surface area contributed by atoms with Gasteiger partial charge in [-0.2, -0.15) is 4.98 Å². The Morgan fingerprint density at radius 1 is 0.905 bits per heavy atom. The molecule has 1 aliphatic carbocycles. The minimum atomic E-state index is -0.797. The summed E-state index contributed by atoms with van der Waals surface area (Å²) in [5.74, 6) is -2.14. The lowest BCUT2D eigenvalue weighted by Crippen LogP contribution is -2.25. The van der Waals surface area contributed by atoms with Crippen molar-refractivity contribution < 1.29 is 38.0 Å².